The fourth-order valence-corrected chi connectivity index (χ4v) is 1.31. The van der Waals surface area contributed by atoms with E-state index >= 15 is 0 Å². The average Bonchev–Trinajstić information content (AvgIpc) is 2.08. The number of aromatic hydroxyl groups is 1. The second-order valence-corrected chi connectivity index (χ2v) is 3.29. The van der Waals surface area contributed by atoms with Crippen LogP contribution in [-0.4, -0.2) is 16.2 Å². The Hall–Kier alpha value is -1.26. The van der Waals surface area contributed by atoms with E-state index in [2.05, 4.69) is 0 Å². The first-order valence-electron chi connectivity index (χ1n) is 3.97. The molecule has 1 aromatic rings. The second-order valence-electron chi connectivity index (χ2n) is 2.88. The van der Waals surface area contributed by atoms with Crippen LogP contribution in [-0.2, 0) is 4.79 Å². The minimum atomic E-state index is -1.02. The molecule has 0 fully saturated rings. The first kappa shape index (κ1) is 10.8. The van der Waals surface area contributed by atoms with Gasteiger partial charge in [0.1, 0.15) is 5.75 Å². The lowest BCUT2D eigenvalue weighted by Crippen LogP contribution is -2.15. The van der Waals surface area contributed by atoms with Crippen LogP contribution in [0, 0.1) is 0 Å². The van der Waals surface area contributed by atoms with E-state index in [1.807, 2.05) is 0 Å². The van der Waals surface area contributed by atoms with Crippen molar-refractivity contribution in [2.24, 2.45) is 5.73 Å². The molecule has 76 valence electrons. The third-order valence-corrected chi connectivity index (χ3v) is 2.12. The first-order valence-corrected chi connectivity index (χ1v) is 4.35. The van der Waals surface area contributed by atoms with Gasteiger partial charge in [0.2, 0.25) is 0 Å². The summed E-state index contributed by atoms with van der Waals surface area (Å²) in [6.45, 7) is 0. The van der Waals surface area contributed by atoms with Crippen LogP contribution in [0.4, 0.5) is 0 Å². The number of carboxylic acid groups (broad SMARTS) is 1. The van der Waals surface area contributed by atoms with Gasteiger partial charge < -0.3 is 15.9 Å². The van der Waals surface area contributed by atoms with E-state index in [9.17, 15) is 9.90 Å². The first-order chi connectivity index (χ1) is 6.52. The molecule has 0 saturated carbocycles. The maximum absolute atomic E-state index is 10.4. The van der Waals surface area contributed by atoms with Crippen LogP contribution in [0.3, 0.4) is 0 Å². The molecule has 0 spiro atoms. The predicted octanol–water partition coefficient (Wildman–Crippen LogP) is 1.52. The van der Waals surface area contributed by atoms with Gasteiger partial charge in [-0.3, -0.25) is 4.79 Å². The highest BCUT2D eigenvalue weighted by Crippen LogP contribution is 2.31. The molecule has 14 heavy (non-hydrogen) atoms. The van der Waals surface area contributed by atoms with E-state index in [-0.39, 0.29) is 17.2 Å². The van der Waals surface area contributed by atoms with Gasteiger partial charge in [-0.2, -0.15) is 0 Å². The minimum Gasteiger partial charge on any atom is -0.506 e. The predicted molar refractivity (Wildman–Crippen MR) is 52.3 cm³/mol. The Labute approximate surface area is 85.9 Å². The molecule has 0 saturated heterocycles. The quantitative estimate of drug-likeness (QED) is 0.714. The van der Waals surface area contributed by atoms with Crippen LogP contribution in [0.25, 0.3) is 0 Å². The zero-order chi connectivity index (χ0) is 10.7. The molecule has 0 amide bonds. The smallest absolute Gasteiger partial charge is 0.305 e. The summed E-state index contributed by atoms with van der Waals surface area (Å²) in [5, 5.41) is 18.2. The molecule has 0 aliphatic heterocycles. The molecular weight excluding hydrogens is 206 g/mol. The Morgan fingerprint density at radius 3 is 2.79 bits per heavy atom. The Morgan fingerprint density at radius 2 is 2.21 bits per heavy atom. The van der Waals surface area contributed by atoms with Gasteiger partial charge in [-0.05, 0) is 6.07 Å². The Morgan fingerprint density at radius 1 is 1.57 bits per heavy atom. The summed E-state index contributed by atoms with van der Waals surface area (Å²) in [5.74, 6) is -1.17. The number of carboxylic acids is 1. The third kappa shape index (κ3) is 2.37. The van der Waals surface area contributed by atoms with Crippen LogP contribution in [0.5, 0.6) is 5.75 Å². The maximum Gasteiger partial charge on any atom is 0.305 e. The highest BCUT2D eigenvalue weighted by Gasteiger charge is 2.15. The van der Waals surface area contributed by atoms with E-state index in [1.54, 1.807) is 12.1 Å². The minimum absolute atomic E-state index is 0.150. The normalized spacial score (nSPS) is 12.4. The van der Waals surface area contributed by atoms with Gasteiger partial charge >= 0.3 is 5.97 Å². The number of phenolic OH excluding ortho intramolecular Hbond substituents is 1. The molecule has 0 aromatic heterocycles. The van der Waals surface area contributed by atoms with Gasteiger partial charge in [-0.15, -0.1) is 0 Å². The lowest BCUT2D eigenvalue weighted by molar-refractivity contribution is -0.137. The molecule has 1 rings (SSSR count). The van der Waals surface area contributed by atoms with Crippen molar-refractivity contribution in [2.45, 2.75) is 12.5 Å². The van der Waals surface area contributed by atoms with E-state index in [0.717, 1.165) is 0 Å². The van der Waals surface area contributed by atoms with Gasteiger partial charge in [0.05, 0.1) is 11.4 Å². The van der Waals surface area contributed by atoms with Crippen LogP contribution < -0.4 is 5.73 Å². The topological polar surface area (TPSA) is 83.6 Å². The van der Waals surface area contributed by atoms with Crippen molar-refractivity contribution in [3.63, 3.8) is 0 Å². The number of carbonyl (C=O) groups is 1. The average molecular weight is 216 g/mol. The van der Waals surface area contributed by atoms with Gasteiger partial charge in [-0.1, -0.05) is 23.7 Å². The van der Waals surface area contributed by atoms with Crippen molar-refractivity contribution >= 4 is 17.6 Å². The summed E-state index contributed by atoms with van der Waals surface area (Å²) in [6.07, 6.45) is -0.242. The number of aliphatic carboxylic acids is 1. The number of rotatable bonds is 3. The number of benzene rings is 1. The van der Waals surface area contributed by atoms with E-state index in [4.69, 9.17) is 22.4 Å². The number of hydrogen-bond acceptors (Lipinski definition) is 3. The van der Waals surface area contributed by atoms with Gasteiger partial charge in [-0.25, -0.2) is 0 Å². The molecule has 0 heterocycles. The summed E-state index contributed by atoms with van der Waals surface area (Å²) < 4.78 is 0. The number of para-hydroxylation sites is 1. The summed E-state index contributed by atoms with van der Waals surface area (Å²) in [6, 6.07) is 3.92. The molecule has 4 N–H and O–H groups in total. The Kier molecular flexibility index (Phi) is 3.33. The summed E-state index contributed by atoms with van der Waals surface area (Å²) >= 11 is 5.64. The monoisotopic (exact) mass is 215 g/mol. The summed E-state index contributed by atoms with van der Waals surface area (Å²) in [4.78, 5) is 10.4. The summed E-state index contributed by atoms with van der Waals surface area (Å²) in [7, 11) is 0. The molecule has 0 unspecified atom stereocenters. The number of phenols is 1. The molecule has 0 radical (unpaired) electrons. The second kappa shape index (κ2) is 4.30. The largest absolute Gasteiger partial charge is 0.506 e. The van der Waals surface area contributed by atoms with Crippen molar-refractivity contribution in [3.05, 3.63) is 28.8 Å². The molecule has 0 aliphatic carbocycles. The van der Waals surface area contributed by atoms with Crippen molar-refractivity contribution in [3.8, 4) is 5.75 Å². The van der Waals surface area contributed by atoms with Crippen LogP contribution in [0.1, 0.15) is 18.0 Å². The van der Waals surface area contributed by atoms with Crippen molar-refractivity contribution in [1.29, 1.82) is 0 Å². The highest BCUT2D eigenvalue weighted by atomic mass is 35.5. The maximum atomic E-state index is 10.4. The fourth-order valence-electron chi connectivity index (χ4n) is 1.13. The fraction of sp³-hybridized carbons (Fsp3) is 0.222. The molecule has 5 heteroatoms. The number of halogens is 1. The third-order valence-electron chi connectivity index (χ3n) is 1.81. The number of hydrogen-bond donors (Lipinski definition) is 3. The lowest BCUT2D eigenvalue weighted by Gasteiger charge is -2.11. The molecule has 4 nitrogen and oxygen atoms in total. The standard InChI is InChI=1S/C9H10ClNO3/c10-6-3-1-2-5(9(6)14)7(11)4-8(12)13/h1-3,7,14H,4,11H2,(H,12,13)/t7-/m0/s1. The van der Waals surface area contributed by atoms with E-state index in [0.29, 0.717) is 5.56 Å². The molecule has 1 atom stereocenters. The molecule has 1 aromatic carbocycles. The van der Waals surface area contributed by atoms with Crippen molar-refractivity contribution < 1.29 is 15.0 Å². The summed E-state index contributed by atoms with van der Waals surface area (Å²) in [5.41, 5.74) is 5.91. The van der Waals surface area contributed by atoms with Gasteiger partial charge in [0.25, 0.3) is 0 Å². The zero-order valence-electron chi connectivity index (χ0n) is 7.27. The Bertz CT molecular complexity index is 354. The van der Waals surface area contributed by atoms with Crippen molar-refractivity contribution in [1.82, 2.24) is 0 Å². The molecule has 0 aliphatic rings. The lowest BCUT2D eigenvalue weighted by atomic mass is 10.0. The van der Waals surface area contributed by atoms with Crippen LogP contribution in [0.2, 0.25) is 5.02 Å². The van der Waals surface area contributed by atoms with E-state index < -0.39 is 12.0 Å². The van der Waals surface area contributed by atoms with Crippen LogP contribution in [0.15, 0.2) is 18.2 Å². The highest BCUT2D eigenvalue weighted by molar-refractivity contribution is 6.32. The van der Waals surface area contributed by atoms with Gasteiger partial charge in [0, 0.05) is 11.6 Å². The van der Waals surface area contributed by atoms with E-state index in [1.165, 1.54) is 6.07 Å². The van der Waals surface area contributed by atoms with Crippen molar-refractivity contribution in [2.75, 3.05) is 0 Å². The SMILES string of the molecule is N[C@@H](CC(=O)O)c1cccc(Cl)c1O. The Balaban J connectivity index is 2.95. The van der Waals surface area contributed by atoms with Crippen LogP contribution >= 0.6 is 11.6 Å². The zero-order valence-corrected chi connectivity index (χ0v) is 8.03. The van der Waals surface area contributed by atoms with Gasteiger partial charge in [0.15, 0.2) is 0 Å². The molecular formula is C9H10ClNO3. The number of nitrogens with two attached hydrogens (primary N) is 1. The molecule has 0 bridgehead atoms.